The Morgan fingerprint density at radius 3 is 2.95 bits per heavy atom. The van der Waals surface area contributed by atoms with Gasteiger partial charge in [0.2, 0.25) is 0 Å². The smallest absolute Gasteiger partial charge is 0.191 e. The average Bonchev–Trinajstić information content (AvgIpc) is 2.87. The molecule has 1 aliphatic heterocycles. The van der Waals surface area contributed by atoms with Gasteiger partial charge in [0.15, 0.2) is 5.96 Å². The molecule has 1 aliphatic rings. The summed E-state index contributed by atoms with van der Waals surface area (Å²) in [7, 11) is 1.81. The Bertz CT molecular complexity index is 447. The molecule has 0 bridgehead atoms. The summed E-state index contributed by atoms with van der Waals surface area (Å²) in [5.41, 5.74) is 1.27. The van der Waals surface area contributed by atoms with Crippen molar-refractivity contribution in [1.82, 2.24) is 10.6 Å². The zero-order valence-electron chi connectivity index (χ0n) is 11.5. The fourth-order valence-electron chi connectivity index (χ4n) is 2.36. The summed E-state index contributed by atoms with van der Waals surface area (Å²) in [6.07, 6.45) is 1.13. The van der Waals surface area contributed by atoms with Crippen LogP contribution in [0.4, 0.5) is 5.69 Å². The SMILES string of the molecule is CCNC(=NC)NC1CCN(c2ccccc2Br)C1. The van der Waals surface area contributed by atoms with Crippen LogP contribution in [0.15, 0.2) is 33.7 Å². The summed E-state index contributed by atoms with van der Waals surface area (Å²) in [5.74, 6) is 0.890. The van der Waals surface area contributed by atoms with Crippen molar-refractivity contribution in [3.63, 3.8) is 0 Å². The summed E-state index contributed by atoms with van der Waals surface area (Å²) in [5, 5.41) is 6.70. The Morgan fingerprint density at radius 1 is 1.47 bits per heavy atom. The minimum absolute atomic E-state index is 0.449. The number of nitrogens with one attached hydrogen (secondary N) is 2. The van der Waals surface area contributed by atoms with Crippen LogP contribution in [0.3, 0.4) is 0 Å². The number of rotatable bonds is 3. The van der Waals surface area contributed by atoms with Crippen LogP contribution in [0.2, 0.25) is 0 Å². The molecule has 1 unspecified atom stereocenters. The molecule has 4 nitrogen and oxygen atoms in total. The average molecular weight is 325 g/mol. The van der Waals surface area contributed by atoms with E-state index in [0.717, 1.165) is 36.5 Å². The molecule has 2 rings (SSSR count). The number of hydrogen-bond donors (Lipinski definition) is 2. The van der Waals surface area contributed by atoms with E-state index >= 15 is 0 Å². The van der Waals surface area contributed by atoms with Crippen LogP contribution in [0.5, 0.6) is 0 Å². The maximum absolute atomic E-state index is 4.22. The van der Waals surface area contributed by atoms with E-state index in [-0.39, 0.29) is 0 Å². The van der Waals surface area contributed by atoms with Crippen LogP contribution in [-0.4, -0.2) is 38.7 Å². The lowest BCUT2D eigenvalue weighted by atomic mass is 10.3. The van der Waals surface area contributed by atoms with Crippen LogP contribution in [-0.2, 0) is 0 Å². The molecule has 0 aromatic heterocycles. The molecule has 1 aromatic rings. The molecule has 19 heavy (non-hydrogen) atoms. The molecular formula is C14H21BrN4. The lowest BCUT2D eigenvalue weighted by Crippen LogP contribution is -2.44. The molecule has 1 aromatic carbocycles. The number of aliphatic imine (C=N–C) groups is 1. The molecule has 1 atom stereocenters. The van der Waals surface area contributed by atoms with Crippen molar-refractivity contribution in [3.05, 3.63) is 28.7 Å². The van der Waals surface area contributed by atoms with E-state index in [4.69, 9.17) is 0 Å². The highest BCUT2D eigenvalue weighted by molar-refractivity contribution is 9.10. The molecule has 0 radical (unpaired) electrons. The normalized spacial score (nSPS) is 19.6. The van der Waals surface area contributed by atoms with Crippen LogP contribution >= 0.6 is 15.9 Å². The van der Waals surface area contributed by atoms with Crippen molar-refractivity contribution in [1.29, 1.82) is 0 Å². The standard InChI is InChI=1S/C14H21BrN4/c1-3-17-14(16-2)18-11-8-9-19(10-11)13-7-5-4-6-12(13)15/h4-7,11H,3,8-10H2,1-2H3,(H2,16,17,18). The number of anilines is 1. The molecule has 0 spiro atoms. The van der Waals surface area contributed by atoms with E-state index in [1.807, 2.05) is 13.1 Å². The molecular weight excluding hydrogens is 304 g/mol. The van der Waals surface area contributed by atoms with Gasteiger partial charge in [-0.3, -0.25) is 4.99 Å². The number of nitrogens with zero attached hydrogens (tertiary/aromatic N) is 2. The Morgan fingerprint density at radius 2 is 2.26 bits per heavy atom. The summed E-state index contributed by atoms with van der Waals surface area (Å²) in [6, 6.07) is 8.83. The third kappa shape index (κ3) is 3.62. The lowest BCUT2D eigenvalue weighted by Gasteiger charge is -2.21. The van der Waals surface area contributed by atoms with Gasteiger partial charge in [-0.1, -0.05) is 12.1 Å². The molecule has 0 amide bonds. The first kappa shape index (κ1) is 14.2. The maximum Gasteiger partial charge on any atom is 0.191 e. The highest BCUT2D eigenvalue weighted by Gasteiger charge is 2.24. The van der Waals surface area contributed by atoms with Gasteiger partial charge in [-0.25, -0.2) is 0 Å². The number of halogens is 1. The van der Waals surface area contributed by atoms with E-state index in [1.54, 1.807) is 0 Å². The second-order valence-electron chi connectivity index (χ2n) is 4.63. The van der Waals surface area contributed by atoms with Gasteiger partial charge < -0.3 is 15.5 Å². The Balaban J connectivity index is 1.95. The maximum atomic E-state index is 4.22. The molecule has 0 saturated carbocycles. The van der Waals surface area contributed by atoms with E-state index < -0.39 is 0 Å². The van der Waals surface area contributed by atoms with Gasteiger partial charge in [0.05, 0.1) is 5.69 Å². The van der Waals surface area contributed by atoms with Gasteiger partial charge in [0.1, 0.15) is 0 Å². The van der Waals surface area contributed by atoms with E-state index in [1.165, 1.54) is 5.69 Å². The molecule has 104 valence electrons. The first-order valence-electron chi connectivity index (χ1n) is 6.71. The van der Waals surface area contributed by atoms with Gasteiger partial charge in [0, 0.05) is 37.2 Å². The summed E-state index contributed by atoms with van der Waals surface area (Å²) in [6.45, 7) is 5.05. The van der Waals surface area contributed by atoms with Gasteiger partial charge in [-0.15, -0.1) is 0 Å². The van der Waals surface area contributed by atoms with Crippen LogP contribution in [0.1, 0.15) is 13.3 Å². The third-order valence-electron chi connectivity index (χ3n) is 3.29. The number of para-hydroxylation sites is 1. The molecule has 2 N–H and O–H groups in total. The second-order valence-corrected chi connectivity index (χ2v) is 5.48. The number of benzene rings is 1. The van der Waals surface area contributed by atoms with Crippen LogP contribution < -0.4 is 15.5 Å². The quantitative estimate of drug-likeness (QED) is 0.661. The minimum Gasteiger partial charge on any atom is -0.368 e. The second kappa shape index (κ2) is 6.80. The van der Waals surface area contributed by atoms with E-state index in [2.05, 4.69) is 61.6 Å². The monoisotopic (exact) mass is 324 g/mol. The molecule has 1 saturated heterocycles. The first-order chi connectivity index (χ1) is 9.24. The molecule has 1 fully saturated rings. The van der Waals surface area contributed by atoms with Crippen LogP contribution in [0.25, 0.3) is 0 Å². The summed E-state index contributed by atoms with van der Waals surface area (Å²) in [4.78, 5) is 6.63. The topological polar surface area (TPSA) is 39.7 Å². The van der Waals surface area contributed by atoms with Crippen molar-refractivity contribution in [2.75, 3.05) is 31.6 Å². The highest BCUT2D eigenvalue weighted by Crippen LogP contribution is 2.28. The fraction of sp³-hybridized carbons (Fsp3) is 0.500. The van der Waals surface area contributed by atoms with Crippen molar-refractivity contribution >= 4 is 27.6 Å². The van der Waals surface area contributed by atoms with Crippen molar-refractivity contribution in [2.24, 2.45) is 4.99 Å². The van der Waals surface area contributed by atoms with Crippen molar-refractivity contribution < 1.29 is 0 Å². The Kier molecular flexibility index (Phi) is 5.07. The summed E-state index contributed by atoms with van der Waals surface area (Å²) < 4.78 is 1.16. The molecule has 0 aliphatic carbocycles. The molecule has 1 heterocycles. The largest absolute Gasteiger partial charge is 0.368 e. The molecule has 5 heteroatoms. The predicted octanol–water partition coefficient (Wildman–Crippen LogP) is 2.21. The predicted molar refractivity (Wildman–Crippen MR) is 84.9 cm³/mol. The third-order valence-corrected chi connectivity index (χ3v) is 3.96. The first-order valence-corrected chi connectivity index (χ1v) is 7.50. The Hall–Kier alpha value is -1.23. The van der Waals surface area contributed by atoms with Crippen molar-refractivity contribution in [3.8, 4) is 0 Å². The minimum atomic E-state index is 0.449. The lowest BCUT2D eigenvalue weighted by molar-refractivity contribution is 0.652. The zero-order chi connectivity index (χ0) is 13.7. The van der Waals surface area contributed by atoms with Gasteiger partial charge in [-0.2, -0.15) is 0 Å². The summed E-state index contributed by atoms with van der Waals surface area (Å²) >= 11 is 3.62. The fourth-order valence-corrected chi connectivity index (χ4v) is 2.90. The zero-order valence-corrected chi connectivity index (χ0v) is 13.1. The van der Waals surface area contributed by atoms with Crippen LogP contribution in [0, 0.1) is 0 Å². The highest BCUT2D eigenvalue weighted by atomic mass is 79.9. The van der Waals surface area contributed by atoms with Gasteiger partial charge >= 0.3 is 0 Å². The van der Waals surface area contributed by atoms with Gasteiger partial charge in [0.25, 0.3) is 0 Å². The Labute approximate surface area is 123 Å². The van der Waals surface area contributed by atoms with E-state index in [9.17, 15) is 0 Å². The van der Waals surface area contributed by atoms with E-state index in [0.29, 0.717) is 6.04 Å². The number of hydrogen-bond acceptors (Lipinski definition) is 2. The number of guanidine groups is 1. The van der Waals surface area contributed by atoms with Crippen molar-refractivity contribution in [2.45, 2.75) is 19.4 Å². The van der Waals surface area contributed by atoms with Gasteiger partial charge in [-0.05, 0) is 41.4 Å².